The van der Waals surface area contributed by atoms with Crippen molar-refractivity contribution >= 4 is 39.6 Å². The molecule has 5 rings (SSSR count). The first-order chi connectivity index (χ1) is 20.3. The zero-order valence-corrected chi connectivity index (χ0v) is 23.7. The molecule has 0 fully saturated rings. The number of carbonyl (C=O) groups is 3. The van der Waals surface area contributed by atoms with Crippen molar-refractivity contribution in [3.63, 3.8) is 0 Å². The largest absolute Gasteiger partial charge is 0.497 e. The molecule has 0 spiro atoms. The zero-order chi connectivity index (χ0) is 29.8. The minimum absolute atomic E-state index is 0.0637. The summed E-state index contributed by atoms with van der Waals surface area (Å²) in [5.41, 5.74) is 3.36. The summed E-state index contributed by atoms with van der Waals surface area (Å²) in [5, 5.41) is 7.01. The topological polar surface area (TPSA) is 120 Å². The van der Waals surface area contributed by atoms with Crippen LogP contribution in [0.2, 0.25) is 0 Å². The second kappa shape index (κ2) is 12.1. The van der Waals surface area contributed by atoms with Crippen LogP contribution in [-0.2, 0) is 11.2 Å². The lowest BCUT2D eigenvalue weighted by Crippen LogP contribution is -2.32. The maximum atomic E-state index is 13.5. The number of hydrogen-bond acceptors (Lipinski definition) is 6. The number of ether oxygens (including phenoxy) is 1. The molecule has 42 heavy (non-hydrogen) atoms. The van der Waals surface area contributed by atoms with E-state index >= 15 is 0 Å². The van der Waals surface area contributed by atoms with Gasteiger partial charge in [0.2, 0.25) is 5.91 Å². The van der Waals surface area contributed by atoms with Gasteiger partial charge in [0.05, 0.1) is 19.0 Å². The highest BCUT2D eigenvalue weighted by Crippen LogP contribution is 2.30. The van der Waals surface area contributed by atoms with Crippen LogP contribution in [0.1, 0.15) is 44.0 Å². The molecule has 0 atom stereocenters. The van der Waals surface area contributed by atoms with Crippen molar-refractivity contribution in [3.05, 3.63) is 111 Å². The van der Waals surface area contributed by atoms with Crippen molar-refractivity contribution in [2.45, 2.75) is 26.7 Å². The van der Waals surface area contributed by atoms with Crippen molar-refractivity contribution in [2.75, 3.05) is 20.2 Å². The molecule has 9 heteroatoms. The van der Waals surface area contributed by atoms with Crippen LogP contribution >= 0.6 is 0 Å². The molecule has 0 saturated heterocycles. The number of aryl methyl sites for hydroxylation is 1. The maximum Gasteiger partial charge on any atom is 0.349 e. The minimum atomic E-state index is -0.702. The summed E-state index contributed by atoms with van der Waals surface area (Å²) in [5.74, 6) is -0.300. The van der Waals surface area contributed by atoms with E-state index in [0.717, 1.165) is 16.5 Å². The summed E-state index contributed by atoms with van der Waals surface area (Å²) in [6.45, 7) is 4.37. The molecule has 5 aromatic rings. The summed E-state index contributed by atoms with van der Waals surface area (Å²) in [7, 11) is 1.57. The first-order valence-corrected chi connectivity index (χ1v) is 13.6. The normalized spacial score (nSPS) is 11.0. The molecule has 2 aromatic heterocycles. The van der Waals surface area contributed by atoms with E-state index < -0.39 is 11.5 Å². The van der Waals surface area contributed by atoms with E-state index in [1.54, 1.807) is 54.1 Å². The van der Waals surface area contributed by atoms with Gasteiger partial charge < -0.3 is 19.8 Å². The molecular formula is C33H31N3O6. The fourth-order valence-electron chi connectivity index (χ4n) is 4.96. The van der Waals surface area contributed by atoms with Crippen molar-refractivity contribution in [1.29, 1.82) is 0 Å². The van der Waals surface area contributed by atoms with Gasteiger partial charge in [-0.3, -0.25) is 19.0 Å². The number of amides is 2. The number of carbonyl (C=O) groups excluding carboxylic acids is 3. The van der Waals surface area contributed by atoms with Gasteiger partial charge in [-0.15, -0.1) is 0 Å². The third-order valence-corrected chi connectivity index (χ3v) is 7.23. The highest BCUT2D eigenvalue weighted by molar-refractivity contribution is 6.05. The van der Waals surface area contributed by atoms with Gasteiger partial charge in [-0.2, -0.15) is 0 Å². The second-order valence-electron chi connectivity index (χ2n) is 10.1. The van der Waals surface area contributed by atoms with Gasteiger partial charge in [0.15, 0.2) is 0 Å². The smallest absolute Gasteiger partial charge is 0.349 e. The van der Waals surface area contributed by atoms with Crippen LogP contribution in [0, 0.1) is 13.8 Å². The van der Waals surface area contributed by atoms with Crippen LogP contribution < -0.4 is 21.0 Å². The molecule has 0 aliphatic carbocycles. The molecule has 0 unspecified atom stereocenters. The average Bonchev–Trinajstić information content (AvgIpc) is 3.26. The summed E-state index contributed by atoms with van der Waals surface area (Å²) in [6, 6.07) is 21.3. The summed E-state index contributed by atoms with van der Waals surface area (Å²) in [4.78, 5) is 51.2. The number of hydrogen-bond donors (Lipinski definition) is 2. The van der Waals surface area contributed by atoms with Crippen LogP contribution in [0.3, 0.4) is 0 Å². The third kappa shape index (κ3) is 5.81. The van der Waals surface area contributed by atoms with Gasteiger partial charge in [-0.25, -0.2) is 4.79 Å². The lowest BCUT2D eigenvalue weighted by molar-refractivity contribution is -0.120. The molecule has 0 saturated carbocycles. The third-order valence-electron chi connectivity index (χ3n) is 7.23. The standard InChI is InChI=1S/C33H31N3O6/c1-20-9-11-22(12-10-20)32(39)36-21(2)25(26-18-24(41-3)13-14-28(26)36)19-30(37)34-15-6-16-35-31(38)27-17-23-7-4-5-8-29(23)42-33(27)40/h4-5,7-14,17-18H,6,15-16,19H2,1-3H3,(H,34,37)(H,35,38). The van der Waals surface area contributed by atoms with Crippen LogP contribution in [0.15, 0.2) is 82.0 Å². The fourth-order valence-corrected chi connectivity index (χ4v) is 4.96. The molecular weight excluding hydrogens is 534 g/mol. The Kier molecular flexibility index (Phi) is 8.19. The Labute approximate surface area is 242 Å². The summed E-state index contributed by atoms with van der Waals surface area (Å²) < 4.78 is 12.3. The predicted molar refractivity (Wildman–Crippen MR) is 160 cm³/mol. The molecule has 0 aliphatic rings. The van der Waals surface area contributed by atoms with Crippen molar-refractivity contribution in [3.8, 4) is 5.75 Å². The number of benzene rings is 3. The van der Waals surface area contributed by atoms with E-state index in [0.29, 0.717) is 46.5 Å². The molecule has 9 nitrogen and oxygen atoms in total. The van der Waals surface area contributed by atoms with Gasteiger partial charge in [-0.1, -0.05) is 35.9 Å². The molecule has 3 aromatic carbocycles. The Morgan fingerprint density at radius 3 is 2.40 bits per heavy atom. The number of para-hydroxylation sites is 1. The number of fused-ring (bicyclic) bond motifs is 2. The lowest BCUT2D eigenvalue weighted by atomic mass is 10.1. The molecule has 2 heterocycles. The van der Waals surface area contributed by atoms with Crippen LogP contribution in [0.4, 0.5) is 0 Å². The van der Waals surface area contributed by atoms with Crippen LogP contribution in [-0.4, -0.2) is 42.5 Å². The van der Waals surface area contributed by atoms with Crippen molar-refractivity contribution < 1.29 is 23.5 Å². The Morgan fingerprint density at radius 1 is 0.905 bits per heavy atom. The second-order valence-corrected chi connectivity index (χ2v) is 10.1. The molecule has 0 bridgehead atoms. The highest BCUT2D eigenvalue weighted by atomic mass is 16.5. The van der Waals surface area contributed by atoms with E-state index in [4.69, 9.17) is 9.15 Å². The van der Waals surface area contributed by atoms with Crippen molar-refractivity contribution in [1.82, 2.24) is 15.2 Å². The average molecular weight is 566 g/mol. The zero-order valence-electron chi connectivity index (χ0n) is 23.7. The fraction of sp³-hybridized carbons (Fsp3) is 0.212. The lowest BCUT2D eigenvalue weighted by Gasteiger charge is -2.09. The Morgan fingerprint density at radius 2 is 1.64 bits per heavy atom. The van der Waals surface area contributed by atoms with E-state index in [1.165, 1.54) is 6.07 Å². The molecule has 0 radical (unpaired) electrons. The van der Waals surface area contributed by atoms with Gasteiger partial charge in [0.1, 0.15) is 16.9 Å². The monoisotopic (exact) mass is 565 g/mol. The number of nitrogens with zero attached hydrogens (tertiary/aromatic N) is 1. The number of methoxy groups -OCH3 is 1. The van der Waals surface area contributed by atoms with Gasteiger partial charge in [0, 0.05) is 35.1 Å². The number of rotatable bonds is 9. The molecule has 0 aliphatic heterocycles. The van der Waals surface area contributed by atoms with E-state index in [-0.39, 0.29) is 30.3 Å². The minimum Gasteiger partial charge on any atom is -0.497 e. The Bertz CT molecular complexity index is 1870. The molecule has 2 amide bonds. The van der Waals surface area contributed by atoms with E-state index in [1.807, 2.05) is 38.1 Å². The number of aromatic nitrogens is 1. The first-order valence-electron chi connectivity index (χ1n) is 13.6. The highest BCUT2D eigenvalue weighted by Gasteiger charge is 2.22. The van der Waals surface area contributed by atoms with E-state index in [9.17, 15) is 19.2 Å². The SMILES string of the molecule is COc1ccc2c(c1)c(CC(=O)NCCCNC(=O)c1cc3ccccc3oc1=O)c(C)n2C(=O)c1ccc(C)cc1. The first kappa shape index (κ1) is 28.4. The van der Waals surface area contributed by atoms with Gasteiger partial charge >= 0.3 is 5.63 Å². The Hall–Kier alpha value is -5.18. The summed E-state index contributed by atoms with van der Waals surface area (Å²) in [6.07, 6.45) is 0.519. The van der Waals surface area contributed by atoms with Gasteiger partial charge in [0.25, 0.3) is 11.8 Å². The predicted octanol–water partition coefficient (Wildman–Crippen LogP) is 4.54. The van der Waals surface area contributed by atoms with Crippen molar-refractivity contribution in [2.24, 2.45) is 0 Å². The van der Waals surface area contributed by atoms with Gasteiger partial charge in [-0.05, 0) is 68.3 Å². The van der Waals surface area contributed by atoms with Crippen LogP contribution in [0.5, 0.6) is 5.75 Å². The summed E-state index contributed by atoms with van der Waals surface area (Å²) >= 11 is 0. The maximum absolute atomic E-state index is 13.5. The molecule has 214 valence electrons. The van der Waals surface area contributed by atoms with Crippen LogP contribution in [0.25, 0.3) is 21.9 Å². The quantitative estimate of drug-likeness (QED) is 0.200. The Balaban J connectivity index is 1.23. The number of nitrogens with one attached hydrogen (secondary N) is 2. The molecule has 2 N–H and O–H groups in total. The van der Waals surface area contributed by atoms with E-state index in [2.05, 4.69) is 10.6 Å².